The highest BCUT2D eigenvalue weighted by molar-refractivity contribution is 6.35. The molecular formula is C12H14Cl2N2O2. The van der Waals surface area contributed by atoms with E-state index in [1.54, 1.807) is 18.2 Å². The predicted molar refractivity (Wildman–Crippen MR) is 71.4 cm³/mol. The van der Waals surface area contributed by atoms with Crippen LogP contribution in [0.2, 0.25) is 10.0 Å². The van der Waals surface area contributed by atoms with E-state index in [0.717, 1.165) is 6.54 Å². The summed E-state index contributed by atoms with van der Waals surface area (Å²) in [6, 6.07) is 4.96. The Kier molecular flexibility index (Phi) is 4.83. The number of morpholine rings is 1. The summed E-state index contributed by atoms with van der Waals surface area (Å²) in [4.78, 5) is 11.9. The van der Waals surface area contributed by atoms with Crippen molar-refractivity contribution in [1.29, 1.82) is 0 Å². The van der Waals surface area contributed by atoms with Crippen LogP contribution in [0.1, 0.15) is 10.4 Å². The third-order valence-electron chi connectivity index (χ3n) is 2.68. The van der Waals surface area contributed by atoms with Crippen molar-refractivity contribution in [3.8, 4) is 0 Å². The monoisotopic (exact) mass is 288 g/mol. The van der Waals surface area contributed by atoms with Crippen LogP contribution in [-0.4, -0.2) is 38.3 Å². The van der Waals surface area contributed by atoms with Gasteiger partial charge in [0, 0.05) is 24.2 Å². The molecule has 0 aromatic heterocycles. The lowest BCUT2D eigenvalue weighted by Gasteiger charge is -2.24. The van der Waals surface area contributed by atoms with Crippen LogP contribution in [0.3, 0.4) is 0 Å². The number of nitrogens with one attached hydrogen (secondary N) is 2. The zero-order valence-electron chi connectivity index (χ0n) is 9.71. The fourth-order valence-corrected chi connectivity index (χ4v) is 2.11. The van der Waals surface area contributed by atoms with E-state index in [1.807, 2.05) is 0 Å². The van der Waals surface area contributed by atoms with Gasteiger partial charge in [0.1, 0.15) is 0 Å². The van der Waals surface area contributed by atoms with Gasteiger partial charge in [-0.15, -0.1) is 0 Å². The van der Waals surface area contributed by atoms with Gasteiger partial charge in [-0.1, -0.05) is 23.2 Å². The SMILES string of the molecule is O=C(NCC1COCCN1)c1cc(Cl)ccc1Cl. The third kappa shape index (κ3) is 3.59. The number of halogens is 2. The van der Waals surface area contributed by atoms with Crippen LogP contribution in [0.4, 0.5) is 0 Å². The lowest BCUT2D eigenvalue weighted by molar-refractivity contribution is 0.0735. The van der Waals surface area contributed by atoms with Crippen molar-refractivity contribution in [1.82, 2.24) is 10.6 Å². The molecule has 1 fully saturated rings. The molecule has 1 atom stereocenters. The minimum atomic E-state index is -0.227. The average molecular weight is 289 g/mol. The van der Waals surface area contributed by atoms with Crippen LogP contribution >= 0.6 is 23.2 Å². The molecule has 0 bridgehead atoms. The molecule has 6 heteroatoms. The summed E-state index contributed by atoms with van der Waals surface area (Å²) in [5.74, 6) is -0.227. The zero-order valence-corrected chi connectivity index (χ0v) is 11.2. The molecule has 1 unspecified atom stereocenters. The first kappa shape index (κ1) is 13.6. The van der Waals surface area contributed by atoms with Crippen molar-refractivity contribution in [2.75, 3.05) is 26.3 Å². The second-order valence-corrected chi connectivity index (χ2v) is 4.90. The Labute approximate surface area is 116 Å². The van der Waals surface area contributed by atoms with Gasteiger partial charge in [-0.05, 0) is 18.2 Å². The number of ether oxygens (including phenoxy) is 1. The van der Waals surface area contributed by atoms with Gasteiger partial charge in [0.25, 0.3) is 5.91 Å². The van der Waals surface area contributed by atoms with Gasteiger partial charge in [-0.2, -0.15) is 0 Å². The first-order valence-electron chi connectivity index (χ1n) is 5.71. The molecule has 0 aliphatic carbocycles. The zero-order chi connectivity index (χ0) is 13.0. The van der Waals surface area contributed by atoms with Crippen LogP contribution in [0.5, 0.6) is 0 Å². The lowest BCUT2D eigenvalue weighted by atomic mass is 10.2. The standard InChI is InChI=1S/C12H14Cl2N2O2/c13-8-1-2-11(14)10(5-8)12(17)16-6-9-7-18-4-3-15-9/h1-2,5,9,15H,3-4,6-7H2,(H,16,17). The minimum Gasteiger partial charge on any atom is -0.378 e. The van der Waals surface area contributed by atoms with E-state index in [9.17, 15) is 4.79 Å². The molecular weight excluding hydrogens is 275 g/mol. The molecule has 1 amide bonds. The third-order valence-corrected chi connectivity index (χ3v) is 3.25. The molecule has 1 aliphatic rings. The van der Waals surface area contributed by atoms with Crippen molar-refractivity contribution >= 4 is 29.1 Å². The first-order valence-corrected chi connectivity index (χ1v) is 6.47. The number of hydrogen-bond acceptors (Lipinski definition) is 3. The molecule has 0 radical (unpaired) electrons. The minimum absolute atomic E-state index is 0.139. The van der Waals surface area contributed by atoms with Crippen LogP contribution in [-0.2, 0) is 4.74 Å². The van der Waals surface area contributed by atoms with Crippen LogP contribution < -0.4 is 10.6 Å². The number of hydrogen-bond donors (Lipinski definition) is 2. The highest BCUT2D eigenvalue weighted by atomic mass is 35.5. The summed E-state index contributed by atoms with van der Waals surface area (Å²) in [6.45, 7) is 2.62. The summed E-state index contributed by atoms with van der Waals surface area (Å²) in [6.07, 6.45) is 0. The molecule has 1 aromatic rings. The first-order chi connectivity index (χ1) is 8.66. The average Bonchev–Trinajstić information content (AvgIpc) is 2.40. The van der Waals surface area contributed by atoms with Gasteiger partial charge >= 0.3 is 0 Å². The van der Waals surface area contributed by atoms with Crippen molar-refractivity contribution in [3.05, 3.63) is 33.8 Å². The quantitative estimate of drug-likeness (QED) is 0.890. The highest BCUT2D eigenvalue weighted by Crippen LogP contribution is 2.20. The molecule has 18 heavy (non-hydrogen) atoms. The molecule has 2 N–H and O–H groups in total. The Morgan fingerprint density at radius 1 is 1.50 bits per heavy atom. The molecule has 1 aromatic carbocycles. The predicted octanol–water partition coefficient (Wildman–Crippen LogP) is 1.71. The second kappa shape index (κ2) is 6.38. The van der Waals surface area contributed by atoms with Crippen molar-refractivity contribution < 1.29 is 9.53 Å². The number of rotatable bonds is 3. The maximum Gasteiger partial charge on any atom is 0.252 e. The van der Waals surface area contributed by atoms with Crippen LogP contribution in [0, 0.1) is 0 Å². The molecule has 0 saturated carbocycles. The van der Waals surface area contributed by atoms with E-state index >= 15 is 0 Å². The van der Waals surface area contributed by atoms with Crippen LogP contribution in [0.15, 0.2) is 18.2 Å². The highest BCUT2D eigenvalue weighted by Gasteiger charge is 2.16. The van der Waals surface area contributed by atoms with E-state index in [-0.39, 0.29) is 11.9 Å². The van der Waals surface area contributed by atoms with E-state index in [0.29, 0.717) is 35.4 Å². The summed E-state index contributed by atoms with van der Waals surface area (Å²) < 4.78 is 5.30. The summed E-state index contributed by atoms with van der Waals surface area (Å²) in [5.41, 5.74) is 0.390. The second-order valence-electron chi connectivity index (χ2n) is 4.06. The van der Waals surface area contributed by atoms with Gasteiger partial charge in [0.2, 0.25) is 0 Å². The summed E-state index contributed by atoms with van der Waals surface area (Å²) in [7, 11) is 0. The maximum atomic E-state index is 11.9. The van der Waals surface area contributed by atoms with Gasteiger partial charge in [-0.3, -0.25) is 4.79 Å². The Balaban J connectivity index is 1.92. The summed E-state index contributed by atoms with van der Waals surface area (Å²) in [5, 5.41) is 6.95. The van der Waals surface area contributed by atoms with Crippen molar-refractivity contribution in [3.63, 3.8) is 0 Å². The molecule has 1 aliphatic heterocycles. The summed E-state index contributed by atoms with van der Waals surface area (Å²) >= 11 is 11.8. The Bertz CT molecular complexity index is 434. The Morgan fingerprint density at radius 3 is 3.06 bits per heavy atom. The number of amides is 1. The van der Waals surface area contributed by atoms with Gasteiger partial charge in [-0.25, -0.2) is 0 Å². The van der Waals surface area contributed by atoms with E-state index < -0.39 is 0 Å². The Morgan fingerprint density at radius 2 is 2.33 bits per heavy atom. The molecule has 98 valence electrons. The van der Waals surface area contributed by atoms with Crippen molar-refractivity contribution in [2.24, 2.45) is 0 Å². The Hall–Kier alpha value is -0.810. The maximum absolute atomic E-state index is 11.9. The normalized spacial score (nSPS) is 19.6. The number of carbonyl (C=O) groups is 1. The largest absolute Gasteiger partial charge is 0.378 e. The molecule has 4 nitrogen and oxygen atoms in total. The molecule has 1 saturated heterocycles. The van der Waals surface area contributed by atoms with Crippen molar-refractivity contribution in [2.45, 2.75) is 6.04 Å². The van der Waals surface area contributed by atoms with Crippen LogP contribution in [0.25, 0.3) is 0 Å². The molecule has 0 spiro atoms. The van der Waals surface area contributed by atoms with E-state index in [4.69, 9.17) is 27.9 Å². The molecule has 2 rings (SSSR count). The topological polar surface area (TPSA) is 50.4 Å². The van der Waals surface area contributed by atoms with E-state index in [1.165, 1.54) is 0 Å². The van der Waals surface area contributed by atoms with Gasteiger partial charge in [0.15, 0.2) is 0 Å². The number of benzene rings is 1. The fraction of sp³-hybridized carbons (Fsp3) is 0.417. The van der Waals surface area contributed by atoms with E-state index in [2.05, 4.69) is 10.6 Å². The smallest absolute Gasteiger partial charge is 0.252 e. The molecule has 1 heterocycles. The lowest BCUT2D eigenvalue weighted by Crippen LogP contribution is -2.48. The van der Waals surface area contributed by atoms with Gasteiger partial charge in [0.05, 0.1) is 23.8 Å². The fourth-order valence-electron chi connectivity index (χ4n) is 1.73. The van der Waals surface area contributed by atoms with Gasteiger partial charge < -0.3 is 15.4 Å². The number of carbonyl (C=O) groups excluding carboxylic acids is 1.